The minimum absolute atomic E-state index is 0.0884. The SMILES string of the molecule is Fc1ccc(Br)c(F)c1CC1(CNC2CC2)CC1. The number of halogens is 3. The molecule has 1 nitrogen and oxygen atoms in total. The molecule has 0 spiro atoms. The second-order valence-electron chi connectivity index (χ2n) is 5.65. The van der Waals surface area contributed by atoms with Gasteiger partial charge in [-0.15, -0.1) is 0 Å². The van der Waals surface area contributed by atoms with Gasteiger partial charge in [-0.05, 0) is 65.6 Å². The number of hydrogen-bond donors (Lipinski definition) is 1. The predicted octanol–water partition coefficient (Wildman–Crippen LogP) is 3.80. The van der Waals surface area contributed by atoms with Gasteiger partial charge in [-0.1, -0.05) is 0 Å². The molecule has 1 aromatic carbocycles. The maximum absolute atomic E-state index is 13.9. The zero-order valence-electron chi connectivity index (χ0n) is 10.1. The van der Waals surface area contributed by atoms with Crippen LogP contribution in [-0.4, -0.2) is 12.6 Å². The maximum Gasteiger partial charge on any atom is 0.143 e. The molecule has 0 radical (unpaired) electrons. The summed E-state index contributed by atoms with van der Waals surface area (Å²) in [4.78, 5) is 0. The van der Waals surface area contributed by atoms with Crippen molar-refractivity contribution >= 4 is 15.9 Å². The summed E-state index contributed by atoms with van der Waals surface area (Å²) in [5.74, 6) is -0.860. The average Bonchev–Trinajstić information content (AvgIpc) is 3.23. The highest BCUT2D eigenvalue weighted by molar-refractivity contribution is 9.10. The van der Waals surface area contributed by atoms with Gasteiger partial charge in [0, 0.05) is 18.2 Å². The Kier molecular flexibility index (Phi) is 3.18. The molecule has 0 saturated heterocycles. The molecule has 0 aromatic heterocycles. The summed E-state index contributed by atoms with van der Waals surface area (Å²) in [6.07, 6.45) is 5.13. The van der Waals surface area contributed by atoms with Crippen LogP contribution in [0.3, 0.4) is 0 Å². The molecule has 2 aliphatic rings. The Hall–Kier alpha value is -0.480. The Balaban J connectivity index is 1.73. The van der Waals surface area contributed by atoms with Crippen LogP contribution in [0, 0.1) is 17.0 Å². The Morgan fingerprint density at radius 1 is 1.28 bits per heavy atom. The summed E-state index contributed by atoms with van der Waals surface area (Å²) >= 11 is 3.12. The molecule has 0 bridgehead atoms. The zero-order valence-corrected chi connectivity index (χ0v) is 11.7. The van der Waals surface area contributed by atoms with Crippen molar-refractivity contribution in [3.63, 3.8) is 0 Å². The van der Waals surface area contributed by atoms with Gasteiger partial charge in [0.25, 0.3) is 0 Å². The van der Waals surface area contributed by atoms with Crippen molar-refractivity contribution in [3.8, 4) is 0 Å². The molecule has 0 atom stereocenters. The Bertz CT molecular complexity index is 467. The molecule has 3 rings (SSSR count). The van der Waals surface area contributed by atoms with Gasteiger partial charge in [0.05, 0.1) is 4.47 Å². The van der Waals surface area contributed by atoms with E-state index in [0.29, 0.717) is 16.9 Å². The third kappa shape index (κ3) is 2.59. The van der Waals surface area contributed by atoms with Gasteiger partial charge < -0.3 is 5.32 Å². The third-order valence-corrected chi connectivity index (χ3v) is 4.60. The van der Waals surface area contributed by atoms with E-state index in [1.807, 2.05) is 0 Å². The van der Waals surface area contributed by atoms with Crippen molar-refractivity contribution in [3.05, 3.63) is 33.8 Å². The molecule has 0 amide bonds. The van der Waals surface area contributed by atoms with Crippen LogP contribution in [0.2, 0.25) is 0 Å². The van der Waals surface area contributed by atoms with Crippen LogP contribution in [0.15, 0.2) is 16.6 Å². The van der Waals surface area contributed by atoms with Crippen LogP contribution in [0.25, 0.3) is 0 Å². The van der Waals surface area contributed by atoms with E-state index in [2.05, 4.69) is 21.2 Å². The number of nitrogens with one attached hydrogen (secondary N) is 1. The van der Waals surface area contributed by atoms with Gasteiger partial charge in [0.1, 0.15) is 11.6 Å². The molecule has 2 fully saturated rings. The van der Waals surface area contributed by atoms with Crippen molar-refractivity contribution < 1.29 is 8.78 Å². The van der Waals surface area contributed by atoms with Crippen LogP contribution in [-0.2, 0) is 6.42 Å². The van der Waals surface area contributed by atoms with E-state index in [1.165, 1.54) is 25.0 Å². The molecule has 98 valence electrons. The van der Waals surface area contributed by atoms with Crippen LogP contribution in [0.5, 0.6) is 0 Å². The van der Waals surface area contributed by atoms with Crippen LogP contribution >= 0.6 is 15.9 Å². The molecular formula is C14H16BrF2N. The van der Waals surface area contributed by atoms with Gasteiger partial charge in [0.15, 0.2) is 0 Å². The van der Waals surface area contributed by atoms with Crippen molar-refractivity contribution in [2.24, 2.45) is 5.41 Å². The lowest BCUT2D eigenvalue weighted by atomic mass is 9.95. The molecule has 2 saturated carbocycles. The normalized spacial score (nSPS) is 21.1. The molecule has 1 N–H and O–H groups in total. The standard InChI is InChI=1S/C14H16BrF2N/c15-11-3-4-12(16)10(13(11)17)7-14(5-6-14)8-18-9-1-2-9/h3-4,9,18H,1-2,5-8H2. The van der Waals surface area contributed by atoms with Gasteiger partial charge >= 0.3 is 0 Å². The summed E-state index contributed by atoms with van der Waals surface area (Å²) in [6.45, 7) is 0.892. The summed E-state index contributed by atoms with van der Waals surface area (Å²) in [5, 5.41) is 3.48. The second kappa shape index (κ2) is 4.57. The summed E-state index contributed by atoms with van der Waals surface area (Å²) in [5.41, 5.74) is 0.324. The molecular weight excluding hydrogens is 300 g/mol. The van der Waals surface area contributed by atoms with Gasteiger partial charge in [-0.25, -0.2) is 8.78 Å². The smallest absolute Gasteiger partial charge is 0.143 e. The minimum atomic E-state index is -0.437. The first-order chi connectivity index (χ1) is 8.60. The first kappa shape index (κ1) is 12.5. The Morgan fingerprint density at radius 2 is 2.00 bits per heavy atom. The zero-order chi connectivity index (χ0) is 12.8. The third-order valence-electron chi connectivity index (χ3n) is 3.99. The maximum atomic E-state index is 13.9. The molecule has 0 unspecified atom stereocenters. The fourth-order valence-corrected chi connectivity index (χ4v) is 2.72. The second-order valence-corrected chi connectivity index (χ2v) is 6.51. The van der Waals surface area contributed by atoms with Crippen LogP contribution in [0.4, 0.5) is 8.78 Å². The van der Waals surface area contributed by atoms with Gasteiger partial charge in [-0.2, -0.15) is 0 Å². The first-order valence-electron chi connectivity index (χ1n) is 6.45. The lowest BCUT2D eigenvalue weighted by molar-refractivity contribution is 0.430. The van der Waals surface area contributed by atoms with E-state index in [9.17, 15) is 8.78 Å². The molecule has 0 heterocycles. The number of benzene rings is 1. The fourth-order valence-electron chi connectivity index (χ4n) is 2.35. The predicted molar refractivity (Wildman–Crippen MR) is 70.5 cm³/mol. The van der Waals surface area contributed by atoms with Crippen molar-refractivity contribution in [2.75, 3.05) is 6.54 Å². The highest BCUT2D eigenvalue weighted by Crippen LogP contribution is 2.49. The van der Waals surface area contributed by atoms with Gasteiger partial charge in [0.2, 0.25) is 0 Å². The quantitative estimate of drug-likeness (QED) is 0.815. The summed E-state index contributed by atoms with van der Waals surface area (Å²) < 4.78 is 28.0. The van der Waals surface area contributed by atoms with Crippen molar-refractivity contribution in [1.82, 2.24) is 5.32 Å². The Morgan fingerprint density at radius 3 is 2.61 bits per heavy atom. The van der Waals surface area contributed by atoms with E-state index in [4.69, 9.17) is 0 Å². The number of rotatable bonds is 5. The van der Waals surface area contributed by atoms with Crippen LogP contribution < -0.4 is 5.32 Å². The Labute approximate surface area is 114 Å². The van der Waals surface area contributed by atoms with E-state index in [0.717, 1.165) is 19.4 Å². The van der Waals surface area contributed by atoms with E-state index >= 15 is 0 Å². The highest BCUT2D eigenvalue weighted by atomic mass is 79.9. The van der Waals surface area contributed by atoms with E-state index in [1.54, 1.807) is 0 Å². The largest absolute Gasteiger partial charge is 0.313 e. The highest BCUT2D eigenvalue weighted by Gasteiger charge is 2.44. The monoisotopic (exact) mass is 315 g/mol. The lowest BCUT2D eigenvalue weighted by Gasteiger charge is -2.17. The van der Waals surface area contributed by atoms with E-state index < -0.39 is 11.6 Å². The molecule has 18 heavy (non-hydrogen) atoms. The average molecular weight is 316 g/mol. The lowest BCUT2D eigenvalue weighted by Crippen LogP contribution is -2.27. The van der Waals surface area contributed by atoms with Crippen molar-refractivity contribution in [1.29, 1.82) is 0 Å². The number of hydrogen-bond acceptors (Lipinski definition) is 1. The van der Waals surface area contributed by atoms with E-state index in [-0.39, 0.29) is 11.0 Å². The minimum Gasteiger partial charge on any atom is -0.313 e. The molecule has 4 heteroatoms. The first-order valence-corrected chi connectivity index (χ1v) is 7.25. The summed E-state index contributed by atoms with van der Waals surface area (Å²) in [6, 6.07) is 3.42. The fraction of sp³-hybridized carbons (Fsp3) is 0.571. The molecule has 1 aromatic rings. The summed E-state index contributed by atoms with van der Waals surface area (Å²) in [7, 11) is 0. The molecule has 2 aliphatic carbocycles. The van der Waals surface area contributed by atoms with Crippen molar-refractivity contribution in [2.45, 2.75) is 38.1 Å². The van der Waals surface area contributed by atoms with Gasteiger partial charge in [-0.3, -0.25) is 0 Å². The molecule has 0 aliphatic heterocycles. The topological polar surface area (TPSA) is 12.0 Å². The van der Waals surface area contributed by atoms with Crippen LogP contribution in [0.1, 0.15) is 31.2 Å².